The van der Waals surface area contributed by atoms with E-state index in [9.17, 15) is 14.5 Å². The molecule has 0 saturated carbocycles. The highest BCUT2D eigenvalue weighted by atomic mass is 79.9. The van der Waals surface area contributed by atoms with Gasteiger partial charge in [0.05, 0.1) is 11.0 Å². The molecule has 1 aromatic carbocycles. The Hall–Kier alpha value is -2.02. The van der Waals surface area contributed by atoms with Gasteiger partial charge in [0, 0.05) is 16.7 Å². The van der Waals surface area contributed by atoms with Crippen LogP contribution in [-0.4, -0.2) is 9.91 Å². The first kappa shape index (κ1) is 14.4. The van der Waals surface area contributed by atoms with Crippen LogP contribution in [0.2, 0.25) is 0 Å². The predicted molar refractivity (Wildman–Crippen MR) is 77.0 cm³/mol. The van der Waals surface area contributed by atoms with Crippen molar-refractivity contribution in [2.75, 3.05) is 5.32 Å². The Balaban J connectivity index is 2.25. The van der Waals surface area contributed by atoms with E-state index in [1.807, 2.05) is 6.92 Å². The molecule has 0 saturated heterocycles. The van der Waals surface area contributed by atoms with Gasteiger partial charge in [-0.3, -0.25) is 10.1 Å². The molecule has 20 heavy (non-hydrogen) atoms. The molecule has 2 aromatic rings. The van der Waals surface area contributed by atoms with Crippen molar-refractivity contribution in [3.63, 3.8) is 0 Å². The lowest BCUT2D eigenvalue weighted by Gasteiger charge is -2.15. The van der Waals surface area contributed by atoms with Crippen LogP contribution in [0.1, 0.15) is 18.5 Å². The largest absolute Gasteiger partial charge is 0.358 e. The lowest BCUT2D eigenvalue weighted by Crippen LogP contribution is -2.09. The van der Waals surface area contributed by atoms with Gasteiger partial charge in [0.2, 0.25) is 5.82 Å². The van der Waals surface area contributed by atoms with Crippen molar-refractivity contribution in [3.8, 4) is 0 Å². The van der Waals surface area contributed by atoms with Gasteiger partial charge in [-0.15, -0.1) is 0 Å². The minimum atomic E-state index is -0.503. The highest BCUT2D eigenvalue weighted by Crippen LogP contribution is 2.28. The molecule has 2 rings (SSSR count). The van der Waals surface area contributed by atoms with Crippen molar-refractivity contribution in [3.05, 3.63) is 62.5 Å². The lowest BCUT2D eigenvalue weighted by molar-refractivity contribution is -0.384. The second kappa shape index (κ2) is 5.96. The van der Waals surface area contributed by atoms with Gasteiger partial charge in [0.25, 0.3) is 0 Å². The molecule has 0 bridgehead atoms. The molecular formula is C13H11BrFN3O2. The monoisotopic (exact) mass is 339 g/mol. The van der Waals surface area contributed by atoms with Gasteiger partial charge in [-0.2, -0.15) is 0 Å². The molecule has 0 aliphatic rings. The predicted octanol–water partition coefficient (Wildman–Crippen LogP) is 4.06. The molecule has 1 aromatic heterocycles. The summed E-state index contributed by atoms with van der Waals surface area (Å²) in [5.74, 6) is -0.149. The van der Waals surface area contributed by atoms with E-state index in [1.54, 1.807) is 12.1 Å². The molecule has 0 fully saturated rings. The van der Waals surface area contributed by atoms with Crippen LogP contribution in [0.4, 0.5) is 15.9 Å². The van der Waals surface area contributed by atoms with Gasteiger partial charge in [-0.25, -0.2) is 9.37 Å². The zero-order chi connectivity index (χ0) is 14.7. The number of nitrogens with zero attached hydrogens (tertiary/aromatic N) is 2. The maximum Gasteiger partial charge on any atom is 0.312 e. The van der Waals surface area contributed by atoms with Crippen LogP contribution in [0.3, 0.4) is 0 Å². The fraction of sp³-hybridized carbons (Fsp3) is 0.154. The molecule has 0 spiro atoms. The minimum absolute atomic E-state index is 0.117. The molecule has 0 aliphatic heterocycles. The van der Waals surface area contributed by atoms with Gasteiger partial charge in [0.15, 0.2) is 0 Å². The zero-order valence-electron chi connectivity index (χ0n) is 10.5. The van der Waals surface area contributed by atoms with Crippen molar-refractivity contribution < 1.29 is 9.31 Å². The third-order valence-corrected chi connectivity index (χ3v) is 3.19. The molecular weight excluding hydrogens is 329 g/mol. The summed E-state index contributed by atoms with van der Waals surface area (Å²) in [5, 5.41) is 14.0. The number of aromatic nitrogens is 1. The van der Waals surface area contributed by atoms with Gasteiger partial charge in [-0.05, 0) is 40.5 Å². The van der Waals surface area contributed by atoms with Gasteiger partial charge in [-0.1, -0.05) is 12.1 Å². The summed E-state index contributed by atoms with van der Waals surface area (Å²) in [7, 11) is 0. The number of rotatable bonds is 4. The van der Waals surface area contributed by atoms with Crippen LogP contribution in [0, 0.1) is 15.9 Å². The van der Waals surface area contributed by atoms with Gasteiger partial charge >= 0.3 is 5.69 Å². The summed E-state index contributed by atoms with van der Waals surface area (Å²) in [6.45, 7) is 1.82. The molecule has 0 amide bonds. The molecule has 5 nitrogen and oxygen atoms in total. The molecule has 104 valence electrons. The number of nitrogens with one attached hydrogen (secondary N) is 1. The molecule has 7 heteroatoms. The molecule has 1 unspecified atom stereocenters. The third-order valence-electron chi connectivity index (χ3n) is 2.75. The summed E-state index contributed by atoms with van der Waals surface area (Å²) in [4.78, 5) is 14.5. The van der Waals surface area contributed by atoms with Crippen LogP contribution >= 0.6 is 15.9 Å². The number of nitro groups is 1. The summed E-state index contributed by atoms with van der Waals surface area (Å²) in [6.07, 6.45) is 1.48. The first-order valence-electron chi connectivity index (χ1n) is 5.79. The summed E-state index contributed by atoms with van der Waals surface area (Å²) in [5.41, 5.74) is 0.693. The summed E-state index contributed by atoms with van der Waals surface area (Å²) in [6, 6.07) is 7.08. The van der Waals surface area contributed by atoms with E-state index in [-0.39, 0.29) is 23.4 Å². The average Bonchev–Trinajstić information content (AvgIpc) is 2.41. The number of hydrogen-bond acceptors (Lipinski definition) is 4. The fourth-order valence-corrected chi connectivity index (χ4v) is 2.04. The molecule has 1 N–H and O–H groups in total. The number of halogens is 2. The van der Waals surface area contributed by atoms with E-state index in [2.05, 4.69) is 26.2 Å². The highest BCUT2D eigenvalue weighted by molar-refractivity contribution is 9.10. The topological polar surface area (TPSA) is 68.1 Å². The lowest BCUT2D eigenvalue weighted by atomic mass is 10.1. The van der Waals surface area contributed by atoms with Crippen molar-refractivity contribution in [1.29, 1.82) is 0 Å². The number of pyridine rings is 1. The Kier molecular flexibility index (Phi) is 4.29. The Morgan fingerprint density at radius 1 is 1.40 bits per heavy atom. The number of benzene rings is 1. The highest BCUT2D eigenvalue weighted by Gasteiger charge is 2.18. The SMILES string of the molecule is CC(Nc1ncc(Br)cc1[N+](=O)[O-])c1ccc(F)cc1. The standard InChI is InChI=1S/C13H11BrFN3O2/c1-8(9-2-4-11(15)5-3-9)17-13-12(18(19)20)6-10(14)7-16-13/h2-8H,1H3,(H,16,17). The molecule has 0 radical (unpaired) electrons. The quantitative estimate of drug-likeness (QED) is 0.673. The minimum Gasteiger partial charge on any atom is -0.358 e. The molecule has 1 heterocycles. The van der Waals surface area contributed by atoms with E-state index in [4.69, 9.17) is 0 Å². The van der Waals surface area contributed by atoms with Gasteiger partial charge < -0.3 is 5.32 Å². The van der Waals surface area contributed by atoms with Crippen LogP contribution < -0.4 is 5.32 Å². The van der Waals surface area contributed by atoms with Crippen molar-refractivity contribution in [2.45, 2.75) is 13.0 Å². The van der Waals surface area contributed by atoms with Crippen LogP contribution in [-0.2, 0) is 0 Å². The third kappa shape index (κ3) is 3.30. The van der Waals surface area contributed by atoms with Gasteiger partial charge in [0.1, 0.15) is 5.82 Å². The Morgan fingerprint density at radius 3 is 2.65 bits per heavy atom. The maximum absolute atomic E-state index is 12.9. The van der Waals surface area contributed by atoms with Crippen molar-refractivity contribution >= 4 is 27.4 Å². The van der Waals surface area contributed by atoms with Crippen molar-refractivity contribution in [1.82, 2.24) is 4.98 Å². The van der Waals surface area contributed by atoms with E-state index in [1.165, 1.54) is 24.4 Å². The fourth-order valence-electron chi connectivity index (χ4n) is 1.72. The zero-order valence-corrected chi connectivity index (χ0v) is 12.1. The maximum atomic E-state index is 12.9. The Bertz CT molecular complexity index is 634. The van der Waals surface area contributed by atoms with E-state index >= 15 is 0 Å². The molecule has 0 aliphatic carbocycles. The van der Waals surface area contributed by atoms with Crippen LogP contribution in [0.25, 0.3) is 0 Å². The Labute approximate surface area is 123 Å². The second-order valence-corrected chi connectivity index (χ2v) is 5.11. The normalized spacial score (nSPS) is 11.9. The second-order valence-electron chi connectivity index (χ2n) is 4.20. The van der Waals surface area contributed by atoms with Crippen molar-refractivity contribution in [2.24, 2.45) is 0 Å². The van der Waals surface area contributed by atoms with Crippen LogP contribution in [0.15, 0.2) is 41.0 Å². The number of hydrogen-bond donors (Lipinski definition) is 1. The summed E-state index contributed by atoms with van der Waals surface area (Å²) < 4.78 is 13.4. The number of anilines is 1. The summed E-state index contributed by atoms with van der Waals surface area (Å²) >= 11 is 3.15. The molecule has 1 atom stereocenters. The van der Waals surface area contributed by atoms with E-state index in [0.29, 0.717) is 4.47 Å². The average molecular weight is 340 g/mol. The van der Waals surface area contributed by atoms with E-state index in [0.717, 1.165) is 5.56 Å². The first-order valence-corrected chi connectivity index (χ1v) is 6.58. The van der Waals surface area contributed by atoms with E-state index < -0.39 is 4.92 Å². The van der Waals surface area contributed by atoms with Crippen LogP contribution in [0.5, 0.6) is 0 Å². The Morgan fingerprint density at radius 2 is 2.05 bits per heavy atom. The smallest absolute Gasteiger partial charge is 0.312 e. The first-order chi connectivity index (χ1) is 9.47.